The fourth-order valence-electron chi connectivity index (χ4n) is 1.73. The van der Waals surface area contributed by atoms with E-state index in [1.54, 1.807) is 11.3 Å². The molecule has 0 saturated heterocycles. The van der Waals surface area contributed by atoms with E-state index in [9.17, 15) is 0 Å². The number of likely N-dealkylation sites (N-methyl/N-ethyl adjacent to an activating group) is 1. The van der Waals surface area contributed by atoms with Crippen molar-refractivity contribution in [2.24, 2.45) is 5.73 Å². The Morgan fingerprint density at radius 2 is 2.35 bits per heavy atom. The van der Waals surface area contributed by atoms with Gasteiger partial charge in [-0.2, -0.15) is 0 Å². The number of thiazole rings is 1. The van der Waals surface area contributed by atoms with Crippen molar-refractivity contribution >= 4 is 28.5 Å². The fourth-order valence-corrected chi connectivity index (χ4v) is 2.41. The zero-order valence-corrected chi connectivity index (χ0v) is 12.9. The maximum absolute atomic E-state index is 5.71. The first-order chi connectivity index (χ1) is 9.65. The van der Waals surface area contributed by atoms with Crippen LogP contribution in [0.5, 0.6) is 5.75 Å². The van der Waals surface area contributed by atoms with Crippen LogP contribution in [0.3, 0.4) is 0 Å². The Kier molecular flexibility index (Phi) is 5.46. The minimum absolute atomic E-state index is 0.385. The number of ether oxygens (including phenoxy) is 1. The third kappa shape index (κ3) is 4.56. The Morgan fingerprint density at radius 1 is 1.50 bits per heavy atom. The lowest BCUT2D eigenvalue weighted by Crippen LogP contribution is -2.24. The predicted molar refractivity (Wildman–Crippen MR) is 86.3 cm³/mol. The van der Waals surface area contributed by atoms with Gasteiger partial charge in [0.05, 0.1) is 11.2 Å². The van der Waals surface area contributed by atoms with Gasteiger partial charge in [-0.1, -0.05) is 24.4 Å². The quantitative estimate of drug-likeness (QED) is 0.795. The first-order valence-corrected chi connectivity index (χ1v) is 7.58. The minimum atomic E-state index is 0.385. The van der Waals surface area contributed by atoms with Crippen LogP contribution in [-0.4, -0.2) is 35.1 Å². The summed E-state index contributed by atoms with van der Waals surface area (Å²) in [5, 5.41) is 2.06. The molecule has 0 spiro atoms. The predicted octanol–water partition coefficient (Wildman–Crippen LogP) is 2.29. The van der Waals surface area contributed by atoms with E-state index in [1.807, 2.05) is 36.8 Å². The summed E-state index contributed by atoms with van der Waals surface area (Å²) in [6, 6.07) is 7.54. The van der Waals surface area contributed by atoms with Crippen LogP contribution in [0.1, 0.15) is 11.3 Å². The van der Waals surface area contributed by atoms with E-state index in [2.05, 4.69) is 15.3 Å². The number of thiocarbonyl (C=S) groups is 1. The number of benzene rings is 1. The van der Waals surface area contributed by atoms with Gasteiger partial charge in [0.25, 0.3) is 0 Å². The molecule has 20 heavy (non-hydrogen) atoms. The standard InChI is InChI=1S/C14H17N3OS2/c1-17(8-12-9-20-10-16-12)5-6-18-13-4-2-3-11(7-13)14(15)19/h2-4,7,9-10H,5-6,8H2,1H3,(H2,15,19). The van der Waals surface area contributed by atoms with E-state index in [0.717, 1.165) is 30.1 Å². The summed E-state index contributed by atoms with van der Waals surface area (Å²) in [6.07, 6.45) is 0. The highest BCUT2D eigenvalue weighted by Gasteiger charge is 2.03. The maximum Gasteiger partial charge on any atom is 0.120 e. The zero-order valence-electron chi connectivity index (χ0n) is 11.3. The molecule has 2 N–H and O–H groups in total. The SMILES string of the molecule is CN(CCOc1cccc(C(N)=S)c1)Cc1cscn1. The summed E-state index contributed by atoms with van der Waals surface area (Å²) in [4.78, 5) is 6.82. The second-order valence-electron chi connectivity index (χ2n) is 4.46. The van der Waals surface area contributed by atoms with E-state index in [-0.39, 0.29) is 0 Å². The second kappa shape index (κ2) is 7.33. The van der Waals surface area contributed by atoms with Gasteiger partial charge < -0.3 is 10.5 Å². The van der Waals surface area contributed by atoms with Crippen molar-refractivity contribution in [2.45, 2.75) is 6.54 Å². The van der Waals surface area contributed by atoms with Crippen molar-refractivity contribution < 1.29 is 4.74 Å². The molecule has 2 aromatic rings. The molecule has 0 unspecified atom stereocenters. The topological polar surface area (TPSA) is 51.4 Å². The molecule has 2 rings (SSSR count). The van der Waals surface area contributed by atoms with Gasteiger partial charge in [0.2, 0.25) is 0 Å². The second-order valence-corrected chi connectivity index (χ2v) is 5.62. The fraction of sp³-hybridized carbons (Fsp3) is 0.286. The highest BCUT2D eigenvalue weighted by molar-refractivity contribution is 7.80. The van der Waals surface area contributed by atoms with Crippen molar-refractivity contribution in [1.29, 1.82) is 0 Å². The van der Waals surface area contributed by atoms with E-state index in [1.165, 1.54) is 0 Å². The molecule has 1 aromatic heterocycles. The third-order valence-electron chi connectivity index (χ3n) is 2.78. The monoisotopic (exact) mass is 307 g/mol. The van der Waals surface area contributed by atoms with E-state index < -0.39 is 0 Å². The van der Waals surface area contributed by atoms with Gasteiger partial charge in [0.15, 0.2) is 0 Å². The van der Waals surface area contributed by atoms with E-state index >= 15 is 0 Å². The van der Waals surface area contributed by atoms with Crippen molar-refractivity contribution in [3.63, 3.8) is 0 Å². The molecule has 0 fully saturated rings. The van der Waals surface area contributed by atoms with Crippen LogP contribution < -0.4 is 10.5 Å². The summed E-state index contributed by atoms with van der Waals surface area (Å²) < 4.78 is 5.71. The zero-order chi connectivity index (χ0) is 14.4. The molecule has 0 radical (unpaired) electrons. The molecule has 0 saturated carbocycles. The van der Waals surface area contributed by atoms with Crippen LogP contribution in [0, 0.1) is 0 Å². The molecule has 0 aliphatic rings. The van der Waals surface area contributed by atoms with Crippen LogP contribution in [0.4, 0.5) is 0 Å². The average Bonchev–Trinajstić information content (AvgIpc) is 2.92. The van der Waals surface area contributed by atoms with Gasteiger partial charge >= 0.3 is 0 Å². The first-order valence-electron chi connectivity index (χ1n) is 6.23. The first kappa shape index (κ1) is 14.9. The summed E-state index contributed by atoms with van der Waals surface area (Å²) in [5.41, 5.74) is 9.36. The molecular formula is C14H17N3OS2. The van der Waals surface area contributed by atoms with Gasteiger partial charge in [-0.05, 0) is 19.2 Å². The number of nitrogens with two attached hydrogens (primary N) is 1. The molecule has 0 bridgehead atoms. The summed E-state index contributed by atoms with van der Waals surface area (Å²) in [5.74, 6) is 0.789. The minimum Gasteiger partial charge on any atom is -0.492 e. The third-order valence-corrected chi connectivity index (χ3v) is 3.65. The van der Waals surface area contributed by atoms with Crippen LogP contribution in [-0.2, 0) is 6.54 Å². The smallest absolute Gasteiger partial charge is 0.120 e. The largest absolute Gasteiger partial charge is 0.492 e. The molecule has 6 heteroatoms. The molecule has 106 valence electrons. The van der Waals surface area contributed by atoms with Crippen LogP contribution >= 0.6 is 23.6 Å². The van der Waals surface area contributed by atoms with E-state index in [4.69, 9.17) is 22.7 Å². The van der Waals surface area contributed by atoms with Crippen molar-refractivity contribution in [1.82, 2.24) is 9.88 Å². The van der Waals surface area contributed by atoms with Gasteiger partial charge in [0, 0.05) is 24.0 Å². The normalized spacial score (nSPS) is 10.7. The highest BCUT2D eigenvalue weighted by Crippen LogP contribution is 2.13. The number of aromatic nitrogens is 1. The Morgan fingerprint density at radius 3 is 3.05 bits per heavy atom. The number of rotatable bonds is 7. The Hall–Kier alpha value is -1.50. The van der Waals surface area contributed by atoms with E-state index in [0.29, 0.717) is 11.6 Å². The summed E-state index contributed by atoms with van der Waals surface area (Å²) >= 11 is 6.56. The molecule has 0 aliphatic carbocycles. The molecule has 4 nitrogen and oxygen atoms in total. The van der Waals surface area contributed by atoms with Crippen molar-refractivity contribution in [2.75, 3.05) is 20.2 Å². The molecule has 1 heterocycles. The van der Waals surface area contributed by atoms with Crippen molar-refractivity contribution in [3.05, 3.63) is 46.4 Å². The maximum atomic E-state index is 5.71. The lowest BCUT2D eigenvalue weighted by atomic mass is 10.2. The van der Waals surface area contributed by atoms with Crippen LogP contribution in [0.25, 0.3) is 0 Å². The highest BCUT2D eigenvalue weighted by atomic mass is 32.1. The summed E-state index contributed by atoms with van der Waals surface area (Å²) in [7, 11) is 2.05. The lowest BCUT2D eigenvalue weighted by molar-refractivity contribution is 0.231. The van der Waals surface area contributed by atoms with Gasteiger partial charge in [-0.25, -0.2) is 4.98 Å². The number of hydrogen-bond acceptors (Lipinski definition) is 5. The molecule has 0 amide bonds. The molecular weight excluding hydrogens is 290 g/mol. The average molecular weight is 307 g/mol. The van der Waals surface area contributed by atoms with Crippen LogP contribution in [0.2, 0.25) is 0 Å². The molecule has 0 aliphatic heterocycles. The lowest BCUT2D eigenvalue weighted by Gasteiger charge is -2.15. The van der Waals surface area contributed by atoms with Gasteiger partial charge in [-0.15, -0.1) is 11.3 Å². The van der Waals surface area contributed by atoms with Crippen LogP contribution in [0.15, 0.2) is 35.2 Å². The van der Waals surface area contributed by atoms with Gasteiger partial charge in [0.1, 0.15) is 17.3 Å². The Labute approximate surface area is 128 Å². The summed E-state index contributed by atoms with van der Waals surface area (Å²) in [6.45, 7) is 2.27. The number of nitrogens with zero attached hydrogens (tertiary/aromatic N) is 2. The Bertz CT molecular complexity index is 557. The number of hydrogen-bond donors (Lipinski definition) is 1. The van der Waals surface area contributed by atoms with Crippen molar-refractivity contribution in [3.8, 4) is 5.75 Å². The van der Waals surface area contributed by atoms with Gasteiger partial charge in [-0.3, -0.25) is 4.90 Å². The molecule has 0 atom stereocenters. The Balaban J connectivity index is 1.78. The molecule has 1 aromatic carbocycles.